The standard InChI is InChI=1S/C27H33N3O4/c1-28(19-21-11-5-2-6-12-21)26(34)29-17-18-30(23(20-29)24(31)32)25(33)27(15-9-4-10-16-27)22-13-7-3-8-14-22/h2-3,5-8,11-14,23H,4,9-10,15-20H2,1H3,(H,31,32)/t23-/m0/s1. The fraction of sp³-hybridized carbons (Fsp3) is 0.444. The second-order valence-electron chi connectivity index (χ2n) is 9.43. The van der Waals surface area contributed by atoms with Gasteiger partial charge in [-0.25, -0.2) is 9.59 Å². The molecule has 0 spiro atoms. The Labute approximate surface area is 201 Å². The van der Waals surface area contributed by atoms with Crippen LogP contribution in [0.5, 0.6) is 0 Å². The third kappa shape index (κ3) is 4.79. The average molecular weight is 464 g/mol. The molecule has 2 fully saturated rings. The van der Waals surface area contributed by atoms with Crippen LogP contribution in [0.4, 0.5) is 4.79 Å². The van der Waals surface area contributed by atoms with Crippen molar-refractivity contribution < 1.29 is 19.5 Å². The maximum Gasteiger partial charge on any atom is 0.328 e. The zero-order valence-corrected chi connectivity index (χ0v) is 19.7. The summed E-state index contributed by atoms with van der Waals surface area (Å²) in [5, 5.41) is 10.0. The number of carboxylic acid groups (broad SMARTS) is 1. The van der Waals surface area contributed by atoms with Gasteiger partial charge < -0.3 is 19.8 Å². The number of benzene rings is 2. The summed E-state index contributed by atoms with van der Waals surface area (Å²) < 4.78 is 0. The van der Waals surface area contributed by atoms with E-state index in [1.165, 1.54) is 4.90 Å². The van der Waals surface area contributed by atoms with Crippen molar-refractivity contribution in [1.29, 1.82) is 0 Å². The van der Waals surface area contributed by atoms with Crippen LogP contribution in [0.25, 0.3) is 0 Å². The second kappa shape index (κ2) is 10.3. The molecule has 2 aromatic rings. The molecule has 2 aliphatic rings. The molecule has 1 saturated heterocycles. The first-order chi connectivity index (χ1) is 16.4. The second-order valence-corrected chi connectivity index (χ2v) is 9.43. The number of carbonyl (C=O) groups excluding carboxylic acids is 2. The molecule has 7 heteroatoms. The quantitative estimate of drug-likeness (QED) is 0.733. The third-order valence-electron chi connectivity index (χ3n) is 7.23. The van der Waals surface area contributed by atoms with Gasteiger partial charge in [-0.3, -0.25) is 4.79 Å². The molecule has 0 radical (unpaired) electrons. The SMILES string of the molecule is CN(Cc1ccccc1)C(=O)N1CCN(C(=O)C2(c3ccccc3)CCCCC2)[C@H](C(=O)O)C1. The molecular weight excluding hydrogens is 430 g/mol. The van der Waals surface area contributed by atoms with E-state index in [-0.39, 0.29) is 25.0 Å². The summed E-state index contributed by atoms with van der Waals surface area (Å²) in [5.74, 6) is -1.19. The Bertz CT molecular complexity index is 1010. The molecule has 7 nitrogen and oxygen atoms in total. The van der Waals surface area contributed by atoms with Crippen molar-refractivity contribution in [2.75, 3.05) is 26.7 Å². The number of nitrogens with zero attached hydrogens (tertiary/aromatic N) is 3. The molecule has 1 saturated carbocycles. The van der Waals surface area contributed by atoms with Crippen molar-refractivity contribution in [2.45, 2.75) is 50.1 Å². The molecule has 0 unspecified atom stereocenters. The molecule has 1 heterocycles. The summed E-state index contributed by atoms with van der Waals surface area (Å²) in [6, 6.07) is 18.2. The summed E-state index contributed by atoms with van der Waals surface area (Å²) in [7, 11) is 1.72. The Morgan fingerprint density at radius 2 is 1.56 bits per heavy atom. The van der Waals surface area contributed by atoms with Crippen molar-refractivity contribution >= 4 is 17.9 Å². The number of urea groups is 1. The first kappa shape index (κ1) is 23.8. The maximum absolute atomic E-state index is 14.0. The van der Waals surface area contributed by atoms with E-state index in [1.54, 1.807) is 16.8 Å². The van der Waals surface area contributed by atoms with Crippen molar-refractivity contribution in [1.82, 2.24) is 14.7 Å². The molecule has 1 N–H and O–H groups in total. The van der Waals surface area contributed by atoms with Gasteiger partial charge in [0.05, 0.1) is 12.0 Å². The van der Waals surface area contributed by atoms with Gasteiger partial charge >= 0.3 is 12.0 Å². The van der Waals surface area contributed by atoms with Crippen molar-refractivity contribution in [3.05, 3.63) is 71.8 Å². The molecule has 1 atom stereocenters. The minimum absolute atomic E-state index is 0.0100. The van der Waals surface area contributed by atoms with E-state index in [0.29, 0.717) is 13.1 Å². The Balaban J connectivity index is 1.52. The highest BCUT2D eigenvalue weighted by Gasteiger charge is 2.48. The van der Waals surface area contributed by atoms with Crippen LogP contribution in [0.1, 0.15) is 43.2 Å². The molecule has 4 rings (SSSR count). The van der Waals surface area contributed by atoms with Crippen LogP contribution in [-0.4, -0.2) is 70.4 Å². The zero-order valence-electron chi connectivity index (χ0n) is 19.7. The lowest BCUT2D eigenvalue weighted by Gasteiger charge is -2.46. The van der Waals surface area contributed by atoms with Gasteiger partial charge in [0.2, 0.25) is 5.91 Å². The highest BCUT2D eigenvalue weighted by molar-refractivity contribution is 5.92. The summed E-state index contributed by atoms with van der Waals surface area (Å²) in [6.45, 7) is 0.964. The van der Waals surface area contributed by atoms with Gasteiger partial charge in [-0.15, -0.1) is 0 Å². The van der Waals surface area contributed by atoms with Crippen LogP contribution in [0.15, 0.2) is 60.7 Å². The van der Waals surface area contributed by atoms with Gasteiger partial charge in [-0.2, -0.15) is 0 Å². The topological polar surface area (TPSA) is 81.2 Å². The van der Waals surface area contributed by atoms with E-state index in [2.05, 4.69) is 0 Å². The summed E-state index contributed by atoms with van der Waals surface area (Å²) in [4.78, 5) is 44.0. The molecule has 1 aliphatic heterocycles. The van der Waals surface area contributed by atoms with Gasteiger partial charge in [-0.05, 0) is 24.0 Å². The lowest BCUT2D eigenvalue weighted by Crippen LogP contribution is -2.63. The summed E-state index contributed by atoms with van der Waals surface area (Å²) >= 11 is 0. The Morgan fingerprint density at radius 1 is 0.941 bits per heavy atom. The van der Waals surface area contributed by atoms with Gasteiger partial charge in [0.15, 0.2) is 0 Å². The van der Waals surface area contributed by atoms with Crippen LogP contribution < -0.4 is 0 Å². The lowest BCUT2D eigenvalue weighted by molar-refractivity contribution is -0.156. The van der Waals surface area contributed by atoms with Crippen LogP contribution in [0.3, 0.4) is 0 Å². The fourth-order valence-electron chi connectivity index (χ4n) is 5.39. The molecule has 0 bridgehead atoms. The zero-order chi connectivity index (χ0) is 24.1. The minimum atomic E-state index is -1.07. The maximum atomic E-state index is 14.0. The van der Waals surface area contributed by atoms with Crippen molar-refractivity contribution in [3.8, 4) is 0 Å². The molecular formula is C27H33N3O4. The highest BCUT2D eigenvalue weighted by Crippen LogP contribution is 2.41. The number of carboxylic acids is 1. The van der Waals surface area contributed by atoms with Gasteiger partial charge in [0.1, 0.15) is 6.04 Å². The molecule has 1 aliphatic carbocycles. The third-order valence-corrected chi connectivity index (χ3v) is 7.23. The van der Waals surface area contributed by atoms with Crippen LogP contribution in [0, 0.1) is 0 Å². The minimum Gasteiger partial charge on any atom is -0.480 e. The molecule has 0 aromatic heterocycles. The van der Waals surface area contributed by atoms with E-state index in [4.69, 9.17) is 0 Å². The molecule has 34 heavy (non-hydrogen) atoms. The first-order valence-corrected chi connectivity index (χ1v) is 12.1. The first-order valence-electron chi connectivity index (χ1n) is 12.1. The van der Waals surface area contributed by atoms with Crippen LogP contribution >= 0.6 is 0 Å². The molecule has 3 amide bonds. The van der Waals surface area contributed by atoms with Crippen molar-refractivity contribution in [3.63, 3.8) is 0 Å². The highest BCUT2D eigenvalue weighted by atomic mass is 16.4. The van der Waals surface area contributed by atoms with E-state index in [1.807, 2.05) is 60.7 Å². The van der Waals surface area contributed by atoms with E-state index in [0.717, 1.165) is 43.2 Å². The average Bonchev–Trinajstić information content (AvgIpc) is 2.89. The van der Waals surface area contributed by atoms with E-state index >= 15 is 0 Å². The number of hydrogen-bond donors (Lipinski definition) is 1. The Hall–Kier alpha value is -3.35. The molecule has 180 valence electrons. The number of piperazine rings is 1. The van der Waals surface area contributed by atoms with Gasteiger partial charge in [-0.1, -0.05) is 79.9 Å². The number of aliphatic carboxylic acids is 1. The number of amides is 3. The van der Waals surface area contributed by atoms with Crippen LogP contribution in [-0.2, 0) is 21.5 Å². The number of carbonyl (C=O) groups is 3. The van der Waals surface area contributed by atoms with Crippen LogP contribution in [0.2, 0.25) is 0 Å². The predicted octanol–water partition coefficient (Wildman–Crippen LogP) is 3.74. The summed E-state index contributed by atoms with van der Waals surface area (Å²) in [6.07, 6.45) is 4.42. The van der Waals surface area contributed by atoms with Crippen molar-refractivity contribution in [2.24, 2.45) is 0 Å². The van der Waals surface area contributed by atoms with Gasteiger partial charge in [0, 0.05) is 26.7 Å². The Kier molecular flexibility index (Phi) is 7.20. The van der Waals surface area contributed by atoms with Gasteiger partial charge in [0.25, 0.3) is 0 Å². The lowest BCUT2D eigenvalue weighted by atomic mass is 9.68. The fourth-order valence-corrected chi connectivity index (χ4v) is 5.39. The normalized spacial score (nSPS) is 20.0. The Morgan fingerprint density at radius 3 is 2.18 bits per heavy atom. The number of hydrogen-bond acceptors (Lipinski definition) is 3. The monoisotopic (exact) mass is 463 g/mol. The largest absolute Gasteiger partial charge is 0.480 e. The predicted molar refractivity (Wildman–Crippen MR) is 129 cm³/mol. The summed E-state index contributed by atoms with van der Waals surface area (Å²) in [5.41, 5.74) is 1.28. The number of rotatable bonds is 5. The van der Waals surface area contributed by atoms with E-state index in [9.17, 15) is 19.5 Å². The smallest absolute Gasteiger partial charge is 0.328 e. The van der Waals surface area contributed by atoms with E-state index < -0.39 is 17.4 Å². The molecule has 2 aromatic carbocycles.